The number of carbonyl (C=O) groups excluding carboxylic acids is 1. The molecule has 31 heavy (non-hydrogen) atoms. The van der Waals surface area contributed by atoms with E-state index in [1.165, 1.54) is 24.1 Å². The van der Waals surface area contributed by atoms with Crippen molar-refractivity contribution in [3.05, 3.63) is 34.8 Å². The van der Waals surface area contributed by atoms with Crippen LogP contribution in [0.2, 0.25) is 0 Å². The van der Waals surface area contributed by atoms with Gasteiger partial charge in [-0.2, -0.15) is 0 Å². The van der Waals surface area contributed by atoms with Gasteiger partial charge in [0.15, 0.2) is 0 Å². The summed E-state index contributed by atoms with van der Waals surface area (Å²) >= 11 is 1.68. The van der Waals surface area contributed by atoms with Gasteiger partial charge in [0.1, 0.15) is 5.01 Å². The highest BCUT2D eigenvalue weighted by molar-refractivity contribution is 7.15. The number of piperidine rings is 1. The highest BCUT2D eigenvalue weighted by Crippen LogP contribution is 2.40. The van der Waals surface area contributed by atoms with Crippen molar-refractivity contribution in [1.29, 1.82) is 0 Å². The van der Waals surface area contributed by atoms with Crippen molar-refractivity contribution in [3.63, 3.8) is 0 Å². The number of aromatic nitrogens is 1. The summed E-state index contributed by atoms with van der Waals surface area (Å²) in [5, 5.41) is 12.8. The van der Waals surface area contributed by atoms with Crippen molar-refractivity contribution in [2.45, 2.75) is 58.2 Å². The van der Waals surface area contributed by atoms with Gasteiger partial charge in [-0.3, -0.25) is 9.69 Å². The van der Waals surface area contributed by atoms with Gasteiger partial charge < -0.3 is 15.3 Å². The summed E-state index contributed by atoms with van der Waals surface area (Å²) in [5.74, 6) is -0.0386. The smallest absolute Gasteiger partial charge is 0.405 e. The molecule has 2 aromatic rings. The maximum Gasteiger partial charge on any atom is 0.405 e. The van der Waals surface area contributed by atoms with Gasteiger partial charge in [-0.25, -0.2) is 9.78 Å². The van der Waals surface area contributed by atoms with E-state index in [2.05, 4.69) is 15.2 Å². The minimum absolute atomic E-state index is 0. The average Bonchev–Trinajstić information content (AvgIpc) is 3.16. The molecule has 9 heteroatoms. The number of hydrogen-bond acceptors (Lipinski definition) is 5. The van der Waals surface area contributed by atoms with Gasteiger partial charge in [0.2, 0.25) is 5.91 Å². The second kappa shape index (κ2) is 9.97. The molecule has 2 N–H and O–H groups in total. The minimum Gasteiger partial charge on any atom is -0.465 e. The molecule has 0 radical (unpaired) electrons. The van der Waals surface area contributed by atoms with Crippen LogP contribution in [-0.2, 0) is 11.3 Å². The minimum atomic E-state index is -1.06. The van der Waals surface area contributed by atoms with Crippen LogP contribution in [0.3, 0.4) is 0 Å². The molecule has 2 aliphatic rings. The molecule has 2 amide bonds. The lowest BCUT2D eigenvalue weighted by atomic mass is 9.90. The Labute approximate surface area is 192 Å². The number of likely N-dealkylation sites (tertiary alicyclic amines) is 1. The Kier molecular flexibility index (Phi) is 7.56. The number of benzene rings is 1. The number of nitrogens with one attached hydrogen (secondary N) is 1. The maximum atomic E-state index is 12.2. The number of carboxylic acid groups (broad SMARTS) is 1. The van der Waals surface area contributed by atoms with Crippen LogP contribution in [0.5, 0.6) is 0 Å². The first-order chi connectivity index (χ1) is 14.4. The van der Waals surface area contributed by atoms with E-state index < -0.39 is 6.09 Å². The Balaban J connectivity index is 0.00000272. The van der Waals surface area contributed by atoms with E-state index in [1.807, 2.05) is 31.3 Å². The maximum absolute atomic E-state index is 12.2. The van der Waals surface area contributed by atoms with Crippen LogP contribution in [0, 0.1) is 0 Å². The second-order valence-corrected chi connectivity index (χ2v) is 9.33. The summed E-state index contributed by atoms with van der Waals surface area (Å²) in [4.78, 5) is 33.7. The lowest BCUT2D eigenvalue weighted by Gasteiger charge is -2.39. The molecule has 0 unspecified atom stereocenters. The van der Waals surface area contributed by atoms with Crippen molar-refractivity contribution in [3.8, 4) is 10.6 Å². The standard InChI is InChI=1S/C22H28N4O3S.ClH/c1-14-10-19(24-22(28)29)18-11-16(6-7-20(18)26(14)15(2)27)21-23-12-17(30-21)13-25-8-4-3-5-9-25;/h6-7,11-12,14,19,24H,3-5,8-10,13H2,1-2H3,(H,28,29);1H/t14-,19+;/m0./s1. The summed E-state index contributed by atoms with van der Waals surface area (Å²) in [7, 11) is 0. The Morgan fingerprint density at radius 2 is 2.00 bits per heavy atom. The van der Waals surface area contributed by atoms with Gasteiger partial charge in [0, 0.05) is 41.8 Å². The Hall–Kier alpha value is -2.16. The van der Waals surface area contributed by atoms with Crippen LogP contribution in [0.1, 0.15) is 56.0 Å². The van der Waals surface area contributed by atoms with Crippen LogP contribution >= 0.6 is 23.7 Å². The van der Waals surface area contributed by atoms with Crippen LogP contribution in [0.15, 0.2) is 24.4 Å². The van der Waals surface area contributed by atoms with Crippen LogP contribution in [-0.4, -0.2) is 46.1 Å². The lowest BCUT2D eigenvalue weighted by Crippen LogP contribution is -2.45. The molecule has 0 saturated carbocycles. The zero-order chi connectivity index (χ0) is 21.3. The summed E-state index contributed by atoms with van der Waals surface area (Å²) in [6.45, 7) is 6.72. The molecule has 2 aliphatic heterocycles. The third-order valence-corrected chi connectivity index (χ3v) is 6.98. The fraction of sp³-hybridized carbons (Fsp3) is 0.500. The quantitative estimate of drug-likeness (QED) is 0.686. The topological polar surface area (TPSA) is 85.8 Å². The number of hydrogen-bond donors (Lipinski definition) is 2. The zero-order valence-electron chi connectivity index (χ0n) is 17.8. The molecule has 3 heterocycles. The number of rotatable bonds is 4. The monoisotopic (exact) mass is 464 g/mol. The SMILES string of the molecule is CC(=O)N1c2ccc(-c3ncc(CN4CCCCC4)s3)cc2[C@H](NC(=O)O)C[C@@H]1C.Cl. The largest absolute Gasteiger partial charge is 0.465 e. The van der Waals surface area contributed by atoms with E-state index in [9.17, 15) is 14.7 Å². The molecule has 1 saturated heterocycles. The highest BCUT2D eigenvalue weighted by Gasteiger charge is 2.33. The Bertz CT molecular complexity index is 945. The first kappa shape index (κ1) is 23.5. The van der Waals surface area contributed by atoms with Crippen LogP contribution in [0.25, 0.3) is 10.6 Å². The summed E-state index contributed by atoms with van der Waals surface area (Å²) in [6.07, 6.45) is 5.28. The second-order valence-electron chi connectivity index (χ2n) is 8.22. The van der Waals surface area contributed by atoms with Gasteiger partial charge in [-0.05, 0) is 63.0 Å². The fourth-order valence-corrected chi connectivity index (χ4v) is 5.57. The van der Waals surface area contributed by atoms with E-state index >= 15 is 0 Å². The van der Waals surface area contributed by atoms with E-state index in [0.717, 1.165) is 41.5 Å². The van der Waals surface area contributed by atoms with E-state index in [0.29, 0.717) is 6.42 Å². The molecule has 0 spiro atoms. The van der Waals surface area contributed by atoms with Gasteiger partial charge in [-0.1, -0.05) is 6.42 Å². The number of carbonyl (C=O) groups is 2. The Morgan fingerprint density at radius 3 is 2.68 bits per heavy atom. The zero-order valence-corrected chi connectivity index (χ0v) is 19.5. The molecular weight excluding hydrogens is 436 g/mol. The van der Waals surface area contributed by atoms with Crippen LogP contribution < -0.4 is 10.2 Å². The van der Waals surface area contributed by atoms with E-state index in [-0.39, 0.29) is 30.4 Å². The predicted octanol–water partition coefficient (Wildman–Crippen LogP) is 4.67. The van der Waals surface area contributed by atoms with Gasteiger partial charge in [0.25, 0.3) is 0 Å². The Morgan fingerprint density at radius 1 is 1.26 bits per heavy atom. The molecule has 0 aliphatic carbocycles. The average molecular weight is 465 g/mol. The molecule has 2 atom stereocenters. The molecule has 1 aromatic heterocycles. The summed E-state index contributed by atoms with van der Waals surface area (Å²) in [5.41, 5.74) is 2.56. The number of anilines is 1. The molecule has 168 valence electrons. The lowest BCUT2D eigenvalue weighted by molar-refractivity contribution is -0.117. The van der Waals surface area contributed by atoms with Gasteiger partial charge in [-0.15, -0.1) is 23.7 Å². The van der Waals surface area contributed by atoms with Crippen molar-refractivity contribution in [2.24, 2.45) is 0 Å². The fourth-order valence-electron chi connectivity index (χ4n) is 4.61. The van der Waals surface area contributed by atoms with E-state index in [1.54, 1.807) is 23.2 Å². The first-order valence-electron chi connectivity index (χ1n) is 10.5. The van der Waals surface area contributed by atoms with Crippen molar-refractivity contribution in [2.75, 3.05) is 18.0 Å². The van der Waals surface area contributed by atoms with Crippen molar-refractivity contribution < 1.29 is 14.7 Å². The number of fused-ring (bicyclic) bond motifs is 1. The normalized spacial score (nSPS) is 21.2. The number of amides is 2. The summed E-state index contributed by atoms with van der Waals surface area (Å²) in [6, 6.07) is 5.46. The third kappa shape index (κ3) is 5.19. The molecule has 7 nitrogen and oxygen atoms in total. The number of nitrogens with zero attached hydrogens (tertiary/aromatic N) is 3. The van der Waals surface area contributed by atoms with Crippen molar-refractivity contribution in [1.82, 2.24) is 15.2 Å². The molecule has 1 aromatic carbocycles. The summed E-state index contributed by atoms with van der Waals surface area (Å²) < 4.78 is 0. The predicted molar refractivity (Wildman–Crippen MR) is 125 cm³/mol. The molecule has 1 fully saturated rings. The number of halogens is 1. The molecule has 0 bridgehead atoms. The van der Waals surface area contributed by atoms with Crippen LogP contribution in [0.4, 0.5) is 10.5 Å². The molecular formula is C22H29ClN4O3S. The number of thiazole rings is 1. The molecule has 4 rings (SSSR count). The first-order valence-corrected chi connectivity index (χ1v) is 11.3. The van der Waals surface area contributed by atoms with E-state index in [4.69, 9.17) is 0 Å². The third-order valence-electron chi connectivity index (χ3n) is 5.95. The van der Waals surface area contributed by atoms with Gasteiger partial charge in [0.05, 0.1) is 6.04 Å². The van der Waals surface area contributed by atoms with Gasteiger partial charge >= 0.3 is 6.09 Å². The highest BCUT2D eigenvalue weighted by atomic mass is 35.5. The van der Waals surface area contributed by atoms with Crippen molar-refractivity contribution >= 4 is 41.4 Å².